The minimum absolute atomic E-state index is 0.0193. The molecule has 0 aliphatic carbocycles. The molecule has 0 bridgehead atoms. The summed E-state index contributed by atoms with van der Waals surface area (Å²) in [4.78, 5) is 25.0. The van der Waals surface area contributed by atoms with Crippen molar-refractivity contribution in [1.82, 2.24) is 15.0 Å². The van der Waals surface area contributed by atoms with Crippen LogP contribution in [0.2, 0.25) is 0 Å². The Bertz CT molecular complexity index is 517. The van der Waals surface area contributed by atoms with Crippen molar-refractivity contribution < 1.29 is 19.1 Å². The van der Waals surface area contributed by atoms with Crippen molar-refractivity contribution in [1.29, 1.82) is 0 Å². The van der Waals surface area contributed by atoms with Crippen LogP contribution >= 0.6 is 0 Å². The van der Waals surface area contributed by atoms with Crippen LogP contribution in [0, 0.1) is 0 Å². The molecule has 1 aliphatic rings. The van der Waals surface area contributed by atoms with E-state index in [1.807, 2.05) is 0 Å². The summed E-state index contributed by atoms with van der Waals surface area (Å²) >= 11 is 0. The summed E-state index contributed by atoms with van der Waals surface area (Å²) in [6.45, 7) is 6.19. The molecule has 1 amide bonds. The fourth-order valence-electron chi connectivity index (χ4n) is 1.75. The number of rotatable bonds is 1. The van der Waals surface area contributed by atoms with Gasteiger partial charge in [-0.1, -0.05) is 5.21 Å². The Labute approximate surface area is 110 Å². The molecule has 0 saturated carbocycles. The molecule has 0 atom stereocenters. The molecule has 19 heavy (non-hydrogen) atoms. The van der Waals surface area contributed by atoms with Crippen LogP contribution in [0.3, 0.4) is 0 Å². The first-order valence-corrected chi connectivity index (χ1v) is 5.86. The number of nitrogens with zero attached hydrogens (tertiary/aromatic N) is 4. The van der Waals surface area contributed by atoms with Crippen LogP contribution in [0.5, 0.6) is 0 Å². The Morgan fingerprint density at radius 2 is 1.95 bits per heavy atom. The number of aromatic nitrogens is 3. The highest BCUT2D eigenvalue weighted by Gasteiger charge is 2.35. The third kappa shape index (κ3) is 2.51. The molecule has 2 rings (SSSR count). The Morgan fingerprint density at radius 1 is 1.26 bits per heavy atom. The predicted octanol–water partition coefficient (Wildman–Crippen LogP) is 0.820. The SMILES string of the molecule is COC(=O)c1nnn2c1N(C(=O)OC(C)(C)C)CC2. The topological polar surface area (TPSA) is 86.5 Å². The monoisotopic (exact) mass is 268 g/mol. The second-order valence-electron chi connectivity index (χ2n) is 5.11. The van der Waals surface area contributed by atoms with Gasteiger partial charge >= 0.3 is 12.1 Å². The molecular formula is C11H16N4O4. The molecule has 0 aromatic carbocycles. The van der Waals surface area contributed by atoms with Crippen LogP contribution in [0.1, 0.15) is 31.3 Å². The molecule has 8 nitrogen and oxygen atoms in total. The second-order valence-corrected chi connectivity index (χ2v) is 5.11. The molecule has 1 aromatic rings. The summed E-state index contributed by atoms with van der Waals surface area (Å²) in [6, 6.07) is 0. The zero-order valence-corrected chi connectivity index (χ0v) is 11.3. The van der Waals surface area contributed by atoms with Gasteiger partial charge in [-0.3, -0.25) is 4.90 Å². The summed E-state index contributed by atoms with van der Waals surface area (Å²) in [6.07, 6.45) is -0.529. The van der Waals surface area contributed by atoms with E-state index in [1.165, 1.54) is 16.7 Å². The molecular weight excluding hydrogens is 252 g/mol. The van der Waals surface area contributed by atoms with Crippen molar-refractivity contribution >= 4 is 17.9 Å². The minimum atomic E-state index is -0.628. The standard InChI is InChI=1S/C11H16N4O4/c1-11(2,3)19-10(17)14-5-6-15-8(14)7(12-13-15)9(16)18-4/h5-6H2,1-4H3. The molecule has 0 saturated heterocycles. The molecule has 0 fully saturated rings. The number of carbonyl (C=O) groups is 2. The lowest BCUT2D eigenvalue weighted by molar-refractivity contribution is 0.0581. The van der Waals surface area contributed by atoms with Crippen LogP contribution in [0.4, 0.5) is 10.6 Å². The molecule has 1 aliphatic heterocycles. The number of fused-ring (bicyclic) bond motifs is 1. The average molecular weight is 268 g/mol. The highest BCUT2D eigenvalue weighted by Crippen LogP contribution is 2.26. The van der Waals surface area contributed by atoms with Crippen LogP contribution in [-0.4, -0.2) is 46.3 Å². The van der Waals surface area contributed by atoms with Crippen molar-refractivity contribution in [3.05, 3.63) is 5.69 Å². The summed E-state index contributed by atoms with van der Waals surface area (Å²) in [7, 11) is 1.25. The number of methoxy groups -OCH3 is 1. The van der Waals surface area contributed by atoms with Crippen LogP contribution < -0.4 is 4.90 Å². The first kappa shape index (κ1) is 13.3. The highest BCUT2D eigenvalue weighted by atomic mass is 16.6. The lowest BCUT2D eigenvalue weighted by Gasteiger charge is -2.23. The Hall–Kier alpha value is -2.12. The van der Waals surface area contributed by atoms with Crippen molar-refractivity contribution in [2.45, 2.75) is 32.9 Å². The summed E-state index contributed by atoms with van der Waals surface area (Å²) in [5, 5.41) is 7.54. The number of hydrogen-bond donors (Lipinski definition) is 0. The van der Waals surface area contributed by atoms with Gasteiger partial charge in [-0.05, 0) is 20.8 Å². The Balaban J connectivity index is 2.28. The molecule has 1 aromatic heterocycles. The molecule has 8 heteroatoms. The first-order chi connectivity index (χ1) is 8.83. The van der Waals surface area contributed by atoms with Gasteiger partial charge in [0.05, 0.1) is 20.2 Å². The number of hydrogen-bond acceptors (Lipinski definition) is 6. The van der Waals surface area contributed by atoms with Crippen molar-refractivity contribution in [3.8, 4) is 0 Å². The maximum Gasteiger partial charge on any atom is 0.416 e. The fourth-order valence-corrected chi connectivity index (χ4v) is 1.75. The van der Waals surface area contributed by atoms with E-state index in [-0.39, 0.29) is 5.69 Å². The quantitative estimate of drug-likeness (QED) is 0.701. The van der Waals surface area contributed by atoms with Gasteiger partial charge in [0.15, 0.2) is 5.82 Å². The van der Waals surface area contributed by atoms with Crippen LogP contribution in [0.25, 0.3) is 0 Å². The predicted molar refractivity (Wildman–Crippen MR) is 64.9 cm³/mol. The molecule has 0 unspecified atom stereocenters. The van der Waals surface area contributed by atoms with Crippen molar-refractivity contribution in [2.24, 2.45) is 0 Å². The zero-order valence-electron chi connectivity index (χ0n) is 11.3. The fraction of sp³-hybridized carbons (Fsp3) is 0.636. The minimum Gasteiger partial charge on any atom is -0.464 e. The van der Waals surface area contributed by atoms with E-state index in [1.54, 1.807) is 20.8 Å². The number of anilines is 1. The van der Waals surface area contributed by atoms with E-state index < -0.39 is 17.7 Å². The normalized spacial score (nSPS) is 14.2. The van der Waals surface area contributed by atoms with Gasteiger partial charge in [0.1, 0.15) is 5.60 Å². The Kier molecular flexibility index (Phi) is 3.17. The summed E-state index contributed by atoms with van der Waals surface area (Å²) < 4.78 is 11.4. The van der Waals surface area contributed by atoms with E-state index in [0.29, 0.717) is 18.9 Å². The highest BCUT2D eigenvalue weighted by molar-refractivity contribution is 5.98. The van der Waals surface area contributed by atoms with E-state index in [0.717, 1.165) is 0 Å². The van der Waals surface area contributed by atoms with Crippen molar-refractivity contribution in [2.75, 3.05) is 18.6 Å². The molecule has 0 N–H and O–H groups in total. The van der Waals surface area contributed by atoms with Crippen LogP contribution in [-0.2, 0) is 16.0 Å². The lowest BCUT2D eigenvalue weighted by atomic mass is 10.2. The lowest BCUT2D eigenvalue weighted by Crippen LogP contribution is -2.36. The molecule has 104 valence electrons. The van der Waals surface area contributed by atoms with Gasteiger partial charge in [-0.2, -0.15) is 0 Å². The van der Waals surface area contributed by atoms with Gasteiger partial charge in [-0.25, -0.2) is 14.3 Å². The van der Waals surface area contributed by atoms with Gasteiger partial charge in [-0.15, -0.1) is 5.10 Å². The number of carbonyl (C=O) groups excluding carboxylic acids is 2. The maximum atomic E-state index is 12.1. The Morgan fingerprint density at radius 3 is 2.53 bits per heavy atom. The summed E-state index contributed by atoms with van der Waals surface area (Å²) in [5.41, 5.74) is -0.588. The second kappa shape index (κ2) is 4.52. The van der Waals surface area contributed by atoms with Gasteiger partial charge in [0.25, 0.3) is 0 Å². The maximum absolute atomic E-state index is 12.1. The summed E-state index contributed by atoms with van der Waals surface area (Å²) in [5.74, 6) is -0.308. The molecule has 2 heterocycles. The van der Waals surface area contributed by atoms with E-state index in [4.69, 9.17) is 4.74 Å². The number of esters is 1. The van der Waals surface area contributed by atoms with Crippen LogP contribution in [0.15, 0.2) is 0 Å². The first-order valence-electron chi connectivity index (χ1n) is 5.86. The molecule has 0 spiro atoms. The van der Waals surface area contributed by atoms with Gasteiger partial charge in [0, 0.05) is 0 Å². The van der Waals surface area contributed by atoms with Gasteiger partial charge in [0.2, 0.25) is 5.69 Å². The zero-order chi connectivity index (χ0) is 14.2. The third-order valence-corrected chi connectivity index (χ3v) is 2.49. The van der Waals surface area contributed by atoms with Gasteiger partial charge < -0.3 is 9.47 Å². The van der Waals surface area contributed by atoms with Crippen molar-refractivity contribution in [3.63, 3.8) is 0 Å². The number of amides is 1. The smallest absolute Gasteiger partial charge is 0.416 e. The largest absolute Gasteiger partial charge is 0.464 e. The van der Waals surface area contributed by atoms with E-state index in [2.05, 4.69) is 15.0 Å². The molecule has 0 radical (unpaired) electrons. The van der Waals surface area contributed by atoms with E-state index in [9.17, 15) is 9.59 Å². The van der Waals surface area contributed by atoms with E-state index >= 15 is 0 Å². The third-order valence-electron chi connectivity index (χ3n) is 2.49. The average Bonchev–Trinajstić information content (AvgIpc) is 2.85. The number of ether oxygens (including phenoxy) is 2.